The van der Waals surface area contributed by atoms with Gasteiger partial charge in [-0.15, -0.1) is 0 Å². The van der Waals surface area contributed by atoms with Crippen molar-refractivity contribution < 1.29 is 4.21 Å². The molecule has 0 aliphatic carbocycles. The molecular formula is C12H22N2OS. The summed E-state index contributed by atoms with van der Waals surface area (Å²) in [5, 5.41) is 3.83. The van der Waals surface area contributed by atoms with Gasteiger partial charge in [-0.1, -0.05) is 0 Å². The van der Waals surface area contributed by atoms with Crippen molar-refractivity contribution >= 4 is 10.8 Å². The lowest BCUT2D eigenvalue weighted by atomic mass is 10.0. The Morgan fingerprint density at radius 2 is 1.88 bits per heavy atom. The third-order valence-corrected chi connectivity index (χ3v) is 5.83. The van der Waals surface area contributed by atoms with Crippen LogP contribution in [-0.2, 0) is 10.8 Å². The normalized spacial score (nSPS) is 44.8. The molecule has 0 aromatic rings. The minimum absolute atomic E-state index is 0.520. The maximum Gasteiger partial charge on any atom is 0.0250 e. The summed E-state index contributed by atoms with van der Waals surface area (Å²) < 4.78 is 11.3. The third kappa shape index (κ3) is 2.20. The van der Waals surface area contributed by atoms with Crippen LogP contribution in [0.25, 0.3) is 0 Å². The summed E-state index contributed by atoms with van der Waals surface area (Å²) >= 11 is 0. The molecule has 3 fully saturated rings. The van der Waals surface area contributed by atoms with E-state index in [0.717, 1.165) is 36.4 Å². The first-order valence-corrected chi connectivity index (χ1v) is 8.17. The SMILES string of the molecule is O=S1CCC(NC2CCN3CCCC23)CC1. The molecule has 3 aliphatic rings. The van der Waals surface area contributed by atoms with Crippen molar-refractivity contribution in [1.82, 2.24) is 10.2 Å². The van der Waals surface area contributed by atoms with E-state index in [1.165, 1.54) is 32.4 Å². The Hall–Kier alpha value is 0.0700. The molecule has 0 bridgehead atoms. The van der Waals surface area contributed by atoms with Gasteiger partial charge >= 0.3 is 0 Å². The largest absolute Gasteiger partial charge is 0.310 e. The molecule has 2 unspecified atom stereocenters. The fourth-order valence-corrected chi connectivity index (χ4v) is 4.84. The summed E-state index contributed by atoms with van der Waals surface area (Å²) in [5.74, 6) is 1.83. The zero-order valence-electron chi connectivity index (χ0n) is 9.86. The number of hydrogen-bond acceptors (Lipinski definition) is 3. The molecule has 4 heteroatoms. The average molecular weight is 242 g/mol. The van der Waals surface area contributed by atoms with Crippen LogP contribution in [-0.4, -0.2) is 51.8 Å². The third-order valence-electron chi connectivity index (χ3n) is 4.44. The van der Waals surface area contributed by atoms with E-state index in [-0.39, 0.29) is 0 Å². The van der Waals surface area contributed by atoms with Crippen molar-refractivity contribution in [2.75, 3.05) is 24.6 Å². The van der Waals surface area contributed by atoms with E-state index >= 15 is 0 Å². The summed E-state index contributed by atoms with van der Waals surface area (Å²) in [6, 6.07) is 2.18. The van der Waals surface area contributed by atoms with Gasteiger partial charge in [0.25, 0.3) is 0 Å². The van der Waals surface area contributed by atoms with Gasteiger partial charge in [-0.2, -0.15) is 0 Å². The fraction of sp³-hybridized carbons (Fsp3) is 1.00. The second kappa shape index (κ2) is 4.75. The molecule has 0 spiro atoms. The molecule has 3 rings (SSSR count). The predicted molar refractivity (Wildman–Crippen MR) is 67.0 cm³/mol. The molecular weight excluding hydrogens is 220 g/mol. The van der Waals surface area contributed by atoms with Gasteiger partial charge in [0.2, 0.25) is 0 Å². The van der Waals surface area contributed by atoms with E-state index < -0.39 is 10.8 Å². The molecule has 0 aromatic carbocycles. The molecule has 16 heavy (non-hydrogen) atoms. The second-order valence-electron chi connectivity index (χ2n) is 5.43. The van der Waals surface area contributed by atoms with Gasteiger partial charge in [0.15, 0.2) is 0 Å². The molecule has 3 aliphatic heterocycles. The highest BCUT2D eigenvalue weighted by molar-refractivity contribution is 7.85. The van der Waals surface area contributed by atoms with Crippen LogP contribution in [0, 0.1) is 0 Å². The Bertz CT molecular complexity index is 274. The van der Waals surface area contributed by atoms with Crippen LogP contribution in [0.15, 0.2) is 0 Å². The predicted octanol–water partition coefficient (Wildman–Crippen LogP) is 0.724. The highest BCUT2D eigenvalue weighted by Crippen LogP contribution is 2.28. The number of fused-ring (bicyclic) bond motifs is 1. The van der Waals surface area contributed by atoms with Crippen LogP contribution in [0.2, 0.25) is 0 Å². The first-order valence-electron chi connectivity index (χ1n) is 6.68. The Balaban J connectivity index is 1.53. The van der Waals surface area contributed by atoms with E-state index in [0.29, 0.717) is 6.04 Å². The minimum atomic E-state index is -0.520. The maximum atomic E-state index is 11.3. The quantitative estimate of drug-likeness (QED) is 0.774. The fourth-order valence-electron chi connectivity index (χ4n) is 3.54. The molecule has 1 N–H and O–H groups in total. The zero-order valence-corrected chi connectivity index (χ0v) is 10.7. The molecule has 3 heterocycles. The van der Waals surface area contributed by atoms with Crippen molar-refractivity contribution in [3.05, 3.63) is 0 Å². The summed E-state index contributed by atoms with van der Waals surface area (Å²) in [4.78, 5) is 2.65. The molecule has 0 aromatic heterocycles. The second-order valence-corrected chi connectivity index (χ2v) is 7.13. The Morgan fingerprint density at radius 1 is 1.06 bits per heavy atom. The molecule has 2 atom stereocenters. The van der Waals surface area contributed by atoms with Crippen LogP contribution in [0.3, 0.4) is 0 Å². The Morgan fingerprint density at radius 3 is 2.69 bits per heavy atom. The van der Waals surface area contributed by atoms with Gasteiger partial charge < -0.3 is 5.32 Å². The zero-order chi connectivity index (χ0) is 11.0. The smallest absolute Gasteiger partial charge is 0.0250 e. The Labute approximate surface area is 100 Å². The van der Waals surface area contributed by atoms with Crippen molar-refractivity contribution in [1.29, 1.82) is 0 Å². The van der Waals surface area contributed by atoms with Crippen LogP contribution in [0.5, 0.6) is 0 Å². The maximum absolute atomic E-state index is 11.3. The van der Waals surface area contributed by atoms with Crippen molar-refractivity contribution in [2.45, 2.75) is 50.2 Å². The van der Waals surface area contributed by atoms with Crippen molar-refractivity contribution in [2.24, 2.45) is 0 Å². The highest BCUT2D eigenvalue weighted by atomic mass is 32.2. The van der Waals surface area contributed by atoms with Gasteiger partial charge in [-0.05, 0) is 38.6 Å². The molecule has 3 nitrogen and oxygen atoms in total. The van der Waals surface area contributed by atoms with Crippen LogP contribution >= 0.6 is 0 Å². The van der Waals surface area contributed by atoms with Crippen LogP contribution in [0.4, 0.5) is 0 Å². The number of rotatable bonds is 2. The van der Waals surface area contributed by atoms with Crippen LogP contribution in [0.1, 0.15) is 32.1 Å². The van der Waals surface area contributed by atoms with Gasteiger partial charge in [0.1, 0.15) is 0 Å². The number of hydrogen-bond donors (Lipinski definition) is 1. The standard InChI is InChI=1S/C12H22N2OS/c15-16-8-4-10(5-9-16)13-11-3-7-14-6-1-2-12(11)14/h10-13H,1-9H2. The van der Waals surface area contributed by atoms with Crippen molar-refractivity contribution in [3.63, 3.8) is 0 Å². The number of nitrogens with zero attached hydrogens (tertiary/aromatic N) is 1. The van der Waals surface area contributed by atoms with Gasteiger partial charge in [-0.25, -0.2) is 0 Å². The van der Waals surface area contributed by atoms with E-state index in [1.54, 1.807) is 0 Å². The summed E-state index contributed by atoms with van der Waals surface area (Å²) in [5.41, 5.74) is 0. The van der Waals surface area contributed by atoms with E-state index in [4.69, 9.17) is 0 Å². The van der Waals surface area contributed by atoms with Crippen molar-refractivity contribution in [3.8, 4) is 0 Å². The molecule has 0 amide bonds. The molecule has 0 radical (unpaired) electrons. The van der Waals surface area contributed by atoms with E-state index in [9.17, 15) is 4.21 Å². The number of nitrogens with one attached hydrogen (secondary N) is 1. The lowest BCUT2D eigenvalue weighted by molar-refractivity contribution is 0.284. The minimum Gasteiger partial charge on any atom is -0.310 e. The molecule has 92 valence electrons. The van der Waals surface area contributed by atoms with Gasteiger partial charge in [-0.3, -0.25) is 9.11 Å². The molecule has 3 saturated heterocycles. The summed E-state index contributed by atoms with van der Waals surface area (Å²) in [6.45, 7) is 2.61. The summed E-state index contributed by atoms with van der Waals surface area (Å²) in [6.07, 6.45) is 6.34. The van der Waals surface area contributed by atoms with E-state index in [2.05, 4.69) is 10.2 Å². The average Bonchev–Trinajstić information content (AvgIpc) is 2.86. The molecule has 0 saturated carbocycles. The van der Waals surface area contributed by atoms with E-state index in [1.807, 2.05) is 0 Å². The monoisotopic (exact) mass is 242 g/mol. The van der Waals surface area contributed by atoms with Crippen LogP contribution < -0.4 is 5.32 Å². The topological polar surface area (TPSA) is 32.3 Å². The summed E-state index contributed by atoms with van der Waals surface area (Å²) in [7, 11) is -0.520. The van der Waals surface area contributed by atoms with Gasteiger partial charge in [0.05, 0.1) is 0 Å². The highest BCUT2D eigenvalue weighted by Gasteiger charge is 2.38. The Kier molecular flexibility index (Phi) is 3.32. The first-order chi connectivity index (χ1) is 7.83. The first kappa shape index (κ1) is 11.2. The lowest BCUT2D eigenvalue weighted by Gasteiger charge is -2.29. The lowest BCUT2D eigenvalue weighted by Crippen LogP contribution is -2.46. The van der Waals surface area contributed by atoms with Gasteiger partial charge in [0, 0.05) is 47.0 Å².